The number of likely N-dealkylation sites (tertiary alicyclic amines) is 1. The van der Waals surface area contributed by atoms with Crippen LogP contribution in [0.1, 0.15) is 49.7 Å². The van der Waals surface area contributed by atoms with Crippen LogP contribution in [0.3, 0.4) is 0 Å². The van der Waals surface area contributed by atoms with Gasteiger partial charge in [-0.1, -0.05) is 30.5 Å². The molecule has 0 spiro atoms. The first-order valence-corrected chi connectivity index (χ1v) is 9.92. The van der Waals surface area contributed by atoms with E-state index in [-0.39, 0.29) is 5.41 Å². The van der Waals surface area contributed by atoms with Crippen LogP contribution in [0.5, 0.6) is 5.75 Å². The number of benzene rings is 1. The topological polar surface area (TPSA) is 60.1 Å². The van der Waals surface area contributed by atoms with Crippen LogP contribution in [-0.4, -0.2) is 50.8 Å². The Morgan fingerprint density at radius 2 is 1.88 bits per heavy atom. The van der Waals surface area contributed by atoms with Crippen molar-refractivity contribution in [3.63, 3.8) is 0 Å². The molecule has 0 amide bonds. The Labute approximate surface area is 157 Å². The van der Waals surface area contributed by atoms with Gasteiger partial charge in [0.25, 0.3) is 0 Å². The van der Waals surface area contributed by atoms with Crippen molar-refractivity contribution >= 4 is 5.96 Å². The minimum Gasteiger partial charge on any atom is -0.496 e. The van der Waals surface area contributed by atoms with Gasteiger partial charge in [-0.25, -0.2) is 0 Å². The monoisotopic (exact) mass is 359 g/mol. The van der Waals surface area contributed by atoms with Crippen LogP contribution < -0.4 is 10.5 Å². The average molecular weight is 360 g/mol. The number of ether oxygens (including phenoxy) is 2. The number of hydrogen-bond acceptors (Lipinski definition) is 3. The number of aliphatic imine (C=N–C) groups is 1. The van der Waals surface area contributed by atoms with Crippen LogP contribution in [0, 0.1) is 6.92 Å². The minimum absolute atomic E-state index is 0.0634. The molecule has 2 saturated heterocycles. The summed E-state index contributed by atoms with van der Waals surface area (Å²) in [4.78, 5) is 7.13. The summed E-state index contributed by atoms with van der Waals surface area (Å²) in [6.07, 6.45) is 6.91. The Kier molecular flexibility index (Phi) is 6.41. The number of methoxy groups -OCH3 is 1. The highest BCUT2D eigenvalue weighted by molar-refractivity contribution is 5.78. The summed E-state index contributed by atoms with van der Waals surface area (Å²) in [6, 6.07) is 6.43. The van der Waals surface area contributed by atoms with E-state index in [1.807, 2.05) is 0 Å². The summed E-state index contributed by atoms with van der Waals surface area (Å²) in [7, 11) is 1.75. The highest BCUT2D eigenvalue weighted by Crippen LogP contribution is 2.40. The summed E-state index contributed by atoms with van der Waals surface area (Å²) in [6.45, 7) is 6.40. The second-order valence-electron chi connectivity index (χ2n) is 7.67. The van der Waals surface area contributed by atoms with E-state index in [2.05, 4.69) is 30.0 Å². The van der Waals surface area contributed by atoms with Gasteiger partial charge < -0.3 is 20.1 Å². The third-order valence-electron chi connectivity index (χ3n) is 5.85. The molecule has 2 aliphatic rings. The van der Waals surface area contributed by atoms with Gasteiger partial charge in [-0.2, -0.15) is 0 Å². The maximum absolute atomic E-state index is 6.39. The lowest BCUT2D eigenvalue weighted by Gasteiger charge is -2.38. The van der Waals surface area contributed by atoms with Crippen LogP contribution in [-0.2, 0) is 10.2 Å². The Morgan fingerprint density at radius 3 is 2.54 bits per heavy atom. The first-order valence-electron chi connectivity index (χ1n) is 9.92. The first kappa shape index (κ1) is 19.0. The Bertz CT molecular complexity index is 616. The summed E-state index contributed by atoms with van der Waals surface area (Å²) in [5, 5.41) is 0. The Balaban J connectivity index is 1.86. The smallest absolute Gasteiger partial charge is 0.191 e. The molecule has 0 aliphatic carbocycles. The largest absolute Gasteiger partial charge is 0.496 e. The van der Waals surface area contributed by atoms with Crippen LogP contribution in [0.15, 0.2) is 23.2 Å². The van der Waals surface area contributed by atoms with Crippen molar-refractivity contribution in [3.05, 3.63) is 29.3 Å². The zero-order valence-electron chi connectivity index (χ0n) is 16.3. The predicted octanol–water partition coefficient (Wildman–Crippen LogP) is 3.24. The van der Waals surface area contributed by atoms with Crippen molar-refractivity contribution in [3.8, 4) is 5.75 Å². The molecule has 2 fully saturated rings. The van der Waals surface area contributed by atoms with Crippen LogP contribution >= 0.6 is 0 Å². The molecule has 2 aliphatic heterocycles. The molecule has 5 heteroatoms. The minimum atomic E-state index is -0.0634. The lowest BCUT2D eigenvalue weighted by molar-refractivity contribution is 0.0522. The quantitative estimate of drug-likeness (QED) is 0.662. The maximum atomic E-state index is 6.39. The Hall–Kier alpha value is -1.75. The molecular weight excluding hydrogens is 326 g/mol. The van der Waals surface area contributed by atoms with Gasteiger partial charge in [-0.15, -0.1) is 0 Å². The second-order valence-corrected chi connectivity index (χ2v) is 7.67. The van der Waals surface area contributed by atoms with Crippen molar-refractivity contribution in [2.45, 2.75) is 50.9 Å². The summed E-state index contributed by atoms with van der Waals surface area (Å²) in [5.74, 6) is 1.64. The number of nitrogens with two attached hydrogens (primary N) is 1. The van der Waals surface area contributed by atoms with E-state index in [4.69, 9.17) is 20.2 Å². The standard InChI is InChI=1S/C21H33N3O2/c1-17-7-8-19(25-2)18(15-17)21(9-13-26-14-10-21)16-23-20(22)24-11-5-3-4-6-12-24/h7-8,15H,3-6,9-14,16H2,1-2H3,(H2,22,23). The van der Waals surface area contributed by atoms with E-state index in [0.717, 1.165) is 44.9 Å². The van der Waals surface area contributed by atoms with Crippen molar-refractivity contribution in [2.75, 3.05) is 40.0 Å². The van der Waals surface area contributed by atoms with Crippen molar-refractivity contribution in [1.82, 2.24) is 4.90 Å². The maximum Gasteiger partial charge on any atom is 0.191 e. The Morgan fingerprint density at radius 1 is 1.19 bits per heavy atom. The fraction of sp³-hybridized carbons (Fsp3) is 0.667. The number of rotatable bonds is 4. The number of guanidine groups is 1. The van der Waals surface area contributed by atoms with E-state index in [0.29, 0.717) is 12.5 Å². The molecule has 5 nitrogen and oxygen atoms in total. The third kappa shape index (κ3) is 4.32. The SMILES string of the molecule is COc1ccc(C)cc1C1(CN=C(N)N2CCCCCC2)CCOCC1. The van der Waals surface area contributed by atoms with E-state index in [1.54, 1.807) is 7.11 Å². The summed E-state index contributed by atoms with van der Waals surface area (Å²) in [5.41, 5.74) is 8.81. The van der Waals surface area contributed by atoms with Crippen LogP contribution in [0.25, 0.3) is 0 Å². The van der Waals surface area contributed by atoms with Crippen LogP contribution in [0.4, 0.5) is 0 Å². The number of nitrogens with zero attached hydrogens (tertiary/aromatic N) is 2. The highest BCUT2D eigenvalue weighted by atomic mass is 16.5. The van der Waals surface area contributed by atoms with E-state index in [1.165, 1.54) is 36.8 Å². The molecule has 1 aromatic rings. The molecule has 0 unspecified atom stereocenters. The van der Waals surface area contributed by atoms with E-state index < -0.39 is 0 Å². The van der Waals surface area contributed by atoms with Gasteiger partial charge in [0.1, 0.15) is 5.75 Å². The van der Waals surface area contributed by atoms with E-state index >= 15 is 0 Å². The molecule has 1 aromatic carbocycles. The van der Waals surface area contributed by atoms with Crippen molar-refractivity contribution < 1.29 is 9.47 Å². The van der Waals surface area contributed by atoms with E-state index in [9.17, 15) is 0 Å². The van der Waals surface area contributed by atoms with Gasteiger partial charge >= 0.3 is 0 Å². The van der Waals surface area contributed by atoms with Gasteiger partial charge in [0.05, 0.1) is 13.7 Å². The second kappa shape index (κ2) is 8.76. The zero-order valence-corrected chi connectivity index (χ0v) is 16.3. The lowest BCUT2D eigenvalue weighted by atomic mass is 9.73. The van der Waals surface area contributed by atoms with Gasteiger partial charge in [0, 0.05) is 37.3 Å². The molecule has 0 atom stereocenters. The molecule has 0 aromatic heterocycles. The fourth-order valence-corrected chi connectivity index (χ4v) is 4.14. The molecule has 26 heavy (non-hydrogen) atoms. The number of hydrogen-bond donors (Lipinski definition) is 1. The molecular formula is C21H33N3O2. The van der Waals surface area contributed by atoms with Crippen LogP contribution in [0.2, 0.25) is 0 Å². The molecule has 0 radical (unpaired) electrons. The lowest BCUT2D eigenvalue weighted by Crippen LogP contribution is -2.41. The first-order chi connectivity index (χ1) is 12.6. The molecule has 2 heterocycles. The highest BCUT2D eigenvalue weighted by Gasteiger charge is 2.37. The van der Waals surface area contributed by atoms with Crippen molar-refractivity contribution in [2.24, 2.45) is 10.7 Å². The van der Waals surface area contributed by atoms with Crippen molar-refractivity contribution in [1.29, 1.82) is 0 Å². The normalized spacial score (nSPS) is 21.3. The third-order valence-corrected chi connectivity index (χ3v) is 5.85. The molecule has 144 valence electrons. The predicted molar refractivity (Wildman–Crippen MR) is 106 cm³/mol. The summed E-state index contributed by atoms with van der Waals surface area (Å²) < 4.78 is 11.3. The molecule has 0 saturated carbocycles. The number of aryl methyl sites for hydroxylation is 1. The molecule has 0 bridgehead atoms. The summed E-state index contributed by atoms with van der Waals surface area (Å²) >= 11 is 0. The van der Waals surface area contributed by atoms with Gasteiger partial charge in [0.15, 0.2) is 5.96 Å². The van der Waals surface area contributed by atoms with Gasteiger partial charge in [-0.05, 0) is 38.7 Å². The van der Waals surface area contributed by atoms with Gasteiger partial charge in [0.2, 0.25) is 0 Å². The fourth-order valence-electron chi connectivity index (χ4n) is 4.14. The molecule has 2 N–H and O–H groups in total. The van der Waals surface area contributed by atoms with Gasteiger partial charge in [-0.3, -0.25) is 4.99 Å². The molecule has 3 rings (SSSR count). The zero-order chi connectivity index (χ0) is 18.4. The average Bonchev–Trinajstić information content (AvgIpc) is 2.96.